The maximum Gasteiger partial charge on any atom is 0.216 e. The number of carbonyl (C=O) groups is 1. The molecule has 0 fully saturated rings. The van der Waals surface area contributed by atoms with Crippen LogP contribution in [-0.2, 0) is 21.1 Å². The first-order chi connectivity index (χ1) is 13.3. The van der Waals surface area contributed by atoms with Gasteiger partial charge in [0.05, 0.1) is 4.90 Å². The highest BCUT2D eigenvalue weighted by Gasteiger charge is 2.29. The van der Waals surface area contributed by atoms with Crippen molar-refractivity contribution in [3.8, 4) is 0 Å². The van der Waals surface area contributed by atoms with E-state index < -0.39 is 9.84 Å². The smallest absolute Gasteiger partial charge is 0.216 e. The van der Waals surface area contributed by atoms with E-state index in [-0.39, 0.29) is 27.2 Å². The summed E-state index contributed by atoms with van der Waals surface area (Å²) < 4.78 is 28.1. The molecule has 1 amide bonds. The quantitative estimate of drug-likeness (QED) is 0.654. The summed E-state index contributed by atoms with van der Waals surface area (Å²) in [6, 6.07) is 8.24. The van der Waals surface area contributed by atoms with Gasteiger partial charge in [-0.2, -0.15) is 0 Å². The fourth-order valence-corrected chi connectivity index (χ4v) is 4.72. The van der Waals surface area contributed by atoms with E-state index in [9.17, 15) is 13.2 Å². The van der Waals surface area contributed by atoms with Crippen LogP contribution in [0.25, 0.3) is 5.65 Å². The van der Waals surface area contributed by atoms with E-state index in [1.807, 2.05) is 13.8 Å². The summed E-state index contributed by atoms with van der Waals surface area (Å²) in [4.78, 5) is 15.9. The van der Waals surface area contributed by atoms with Crippen LogP contribution in [0.2, 0.25) is 0 Å². The molecule has 0 spiro atoms. The number of amides is 1. The molecule has 8 nitrogen and oxygen atoms in total. The number of hydrogen-bond donors (Lipinski definition) is 2. The lowest BCUT2D eigenvalue weighted by molar-refractivity contribution is -0.118. The molecule has 2 aromatic heterocycles. The van der Waals surface area contributed by atoms with Crippen molar-refractivity contribution in [1.29, 1.82) is 0 Å². The average molecular weight is 401 g/mol. The number of nitrogens with zero attached hydrogens (tertiary/aromatic N) is 3. The van der Waals surface area contributed by atoms with Gasteiger partial charge in [0.25, 0.3) is 0 Å². The highest BCUT2D eigenvalue weighted by Crippen LogP contribution is 2.31. The summed E-state index contributed by atoms with van der Waals surface area (Å²) in [7, 11) is -2.17. The number of aromatic nitrogens is 3. The zero-order valence-corrected chi connectivity index (χ0v) is 17.1. The van der Waals surface area contributed by atoms with Crippen LogP contribution in [0.5, 0.6) is 0 Å². The number of nitrogens with one attached hydrogen (secondary N) is 2. The van der Waals surface area contributed by atoms with Crippen LogP contribution in [0.15, 0.2) is 40.1 Å². The van der Waals surface area contributed by atoms with Crippen molar-refractivity contribution in [1.82, 2.24) is 19.9 Å². The van der Waals surface area contributed by atoms with Crippen molar-refractivity contribution in [3.05, 3.63) is 47.3 Å². The van der Waals surface area contributed by atoms with Gasteiger partial charge in [-0.1, -0.05) is 18.2 Å². The van der Waals surface area contributed by atoms with Gasteiger partial charge in [0.15, 0.2) is 16.4 Å². The largest absolute Gasteiger partial charge is 0.370 e. The van der Waals surface area contributed by atoms with Crippen LogP contribution in [-0.4, -0.2) is 42.5 Å². The minimum absolute atomic E-state index is 0.0563. The van der Waals surface area contributed by atoms with Crippen LogP contribution in [0.4, 0.5) is 5.82 Å². The molecule has 3 rings (SSSR count). The molecular weight excluding hydrogens is 378 g/mol. The summed E-state index contributed by atoms with van der Waals surface area (Å²) in [6.07, 6.45) is 0.579. The molecule has 3 aromatic rings. The highest BCUT2D eigenvalue weighted by atomic mass is 32.2. The first kappa shape index (κ1) is 19.8. The van der Waals surface area contributed by atoms with E-state index in [0.29, 0.717) is 18.7 Å². The van der Waals surface area contributed by atoms with Crippen LogP contribution >= 0.6 is 0 Å². The third-order valence-corrected chi connectivity index (χ3v) is 6.40. The molecule has 0 aliphatic heterocycles. The summed E-state index contributed by atoms with van der Waals surface area (Å²) in [6.45, 7) is 5.64. The predicted octanol–water partition coefficient (Wildman–Crippen LogP) is 1.90. The third kappa shape index (κ3) is 3.45. The number of sulfone groups is 1. The van der Waals surface area contributed by atoms with Crippen LogP contribution in [0.3, 0.4) is 0 Å². The Morgan fingerprint density at radius 1 is 1.18 bits per heavy atom. The lowest BCUT2D eigenvalue weighted by Gasteiger charge is -2.12. The predicted molar refractivity (Wildman–Crippen MR) is 106 cm³/mol. The van der Waals surface area contributed by atoms with Gasteiger partial charge >= 0.3 is 0 Å². The van der Waals surface area contributed by atoms with Gasteiger partial charge in [0.2, 0.25) is 15.7 Å². The van der Waals surface area contributed by atoms with Gasteiger partial charge in [-0.05, 0) is 38.0 Å². The third-order valence-electron chi connectivity index (χ3n) is 4.59. The molecule has 0 bridgehead atoms. The molecule has 0 unspecified atom stereocenters. The fourth-order valence-electron chi connectivity index (χ4n) is 3.20. The van der Waals surface area contributed by atoms with E-state index in [0.717, 1.165) is 11.3 Å². The molecular formula is C19H23N5O3S. The Balaban J connectivity index is 2.19. The Bertz CT molecular complexity index is 1140. The van der Waals surface area contributed by atoms with Crippen molar-refractivity contribution < 1.29 is 13.2 Å². The SMILES string of the molecule is CNc1nn2c(C)c(CCNC(C)=O)c(C)nc2c1S(=O)(=O)c1ccccc1. The number of aryl methyl sites for hydroxylation is 2. The molecule has 2 N–H and O–H groups in total. The monoisotopic (exact) mass is 401 g/mol. The number of fused-ring (bicyclic) bond motifs is 1. The summed E-state index contributed by atoms with van der Waals surface area (Å²) in [5.74, 6) is 0.148. The number of anilines is 1. The minimum Gasteiger partial charge on any atom is -0.370 e. The lowest BCUT2D eigenvalue weighted by atomic mass is 10.1. The first-order valence-electron chi connectivity index (χ1n) is 8.88. The Kier molecular flexibility index (Phi) is 5.37. The zero-order valence-electron chi connectivity index (χ0n) is 16.3. The lowest BCUT2D eigenvalue weighted by Crippen LogP contribution is -2.23. The summed E-state index contributed by atoms with van der Waals surface area (Å²) in [5, 5.41) is 10.1. The summed E-state index contributed by atoms with van der Waals surface area (Å²) in [5.41, 5.74) is 2.71. The maximum atomic E-state index is 13.3. The van der Waals surface area contributed by atoms with Crippen molar-refractivity contribution in [2.45, 2.75) is 37.0 Å². The normalized spacial score (nSPS) is 11.6. The Hall–Kier alpha value is -2.94. The van der Waals surface area contributed by atoms with Crippen molar-refractivity contribution in [3.63, 3.8) is 0 Å². The summed E-state index contributed by atoms with van der Waals surface area (Å²) >= 11 is 0. The van der Waals surface area contributed by atoms with Crippen LogP contribution in [0.1, 0.15) is 23.9 Å². The zero-order chi connectivity index (χ0) is 20.5. The molecule has 0 aliphatic rings. The second-order valence-electron chi connectivity index (χ2n) is 6.47. The number of benzene rings is 1. The van der Waals surface area contributed by atoms with Gasteiger partial charge < -0.3 is 10.6 Å². The second kappa shape index (κ2) is 7.59. The first-order valence-corrected chi connectivity index (χ1v) is 10.4. The number of rotatable bonds is 6. The highest BCUT2D eigenvalue weighted by molar-refractivity contribution is 7.91. The molecule has 1 aromatic carbocycles. The fraction of sp³-hybridized carbons (Fsp3) is 0.316. The Morgan fingerprint density at radius 2 is 1.86 bits per heavy atom. The molecule has 148 valence electrons. The van der Waals surface area contributed by atoms with Crippen LogP contribution in [0, 0.1) is 13.8 Å². The minimum atomic E-state index is -3.80. The number of carbonyl (C=O) groups excluding carboxylic acids is 1. The van der Waals surface area contributed by atoms with Gasteiger partial charge in [0, 0.05) is 31.9 Å². The van der Waals surface area contributed by atoms with E-state index in [1.165, 1.54) is 6.92 Å². The molecule has 9 heteroatoms. The van der Waals surface area contributed by atoms with Gasteiger partial charge in [-0.25, -0.2) is 17.9 Å². The molecule has 28 heavy (non-hydrogen) atoms. The van der Waals surface area contributed by atoms with E-state index >= 15 is 0 Å². The van der Waals surface area contributed by atoms with E-state index in [2.05, 4.69) is 20.7 Å². The molecule has 0 radical (unpaired) electrons. The van der Waals surface area contributed by atoms with Crippen molar-refractivity contribution in [2.24, 2.45) is 0 Å². The maximum absolute atomic E-state index is 13.3. The standard InChI is InChI=1S/C19H23N5O3S/c1-12-16(10-11-21-14(3)25)13(2)24-19(22-12)17(18(20-4)23-24)28(26,27)15-8-6-5-7-9-15/h5-9H,10-11H2,1-4H3,(H,20,23)(H,21,25). The van der Waals surface area contributed by atoms with E-state index in [1.54, 1.807) is 41.9 Å². The Labute approximate surface area is 163 Å². The molecule has 0 saturated carbocycles. The molecule has 0 aliphatic carbocycles. The molecule has 0 saturated heterocycles. The average Bonchev–Trinajstić information content (AvgIpc) is 3.04. The molecule has 0 atom stereocenters. The van der Waals surface area contributed by atoms with Crippen LogP contribution < -0.4 is 10.6 Å². The second-order valence-corrected chi connectivity index (χ2v) is 8.36. The van der Waals surface area contributed by atoms with Crippen molar-refractivity contribution >= 4 is 27.2 Å². The van der Waals surface area contributed by atoms with Gasteiger partial charge in [0.1, 0.15) is 0 Å². The molecule has 2 heterocycles. The number of hydrogen-bond acceptors (Lipinski definition) is 6. The van der Waals surface area contributed by atoms with E-state index in [4.69, 9.17) is 0 Å². The topological polar surface area (TPSA) is 105 Å². The van der Waals surface area contributed by atoms with Gasteiger partial charge in [-0.3, -0.25) is 4.79 Å². The Morgan fingerprint density at radius 3 is 2.46 bits per heavy atom. The van der Waals surface area contributed by atoms with Crippen molar-refractivity contribution in [2.75, 3.05) is 18.9 Å². The van der Waals surface area contributed by atoms with Gasteiger partial charge in [-0.15, -0.1) is 5.10 Å².